The molecule has 88 valence electrons. The standard InChI is InChI=1S/C12H11NO3S/c13-12-8-10(17(14,15)16)6-7-11(12)9-4-2-1-3-5-9/h1-8H,13H2,(H,14,15,16). The van der Waals surface area contributed by atoms with Crippen molar-refractivity contribution in [1.82, 2.24) is 0 Å². The Kier molecular flexibility index (Phi) is 2.87. The van der Waals surface area contributed by atoms with E-state index < -0.39 is 10.1 Å². The molecule has 0 aliphatic carbocycles. The Hall–Kier alpha value is -1.85. The summed E-state index contributed by atoms with van der Waals surface area (Å²) in [5.41, 5.74) is 7.72. The van der Waals surface area contributed by atoms with E-state index in [1.807, 2.05) is 30.3 Å². The van der Waals surface area contributed by atoms with Gasteiger partial charge < -0.3 is 5.73 Å². The van der Waals surface area contributed by atoms with E-state index in [0.29, 0.717) is 5.69 Å². The zero-order valence-corrected chi connectivity index (χ0v) is 9.68. The number of hydrogen-bond donors (Lipinski definition) is 2. The molecule has 0 unspecified atom stereocenters. The summed E-state index contributed by atoms with van der Waals surface area (Å²) in [5.74, 6) is 0. The maximum Gasteiger partial charge on any atom is 0.294 e. The highest BCUT2D eigenvalue weighted by Gasteiger charge is 2.11. The van der Waals surface area contributed by atoms with Gasteiger partial charge in [0.1, 0.15) is 0 Å². The lowest BCUT2D eigenvalue weighted by Gasteiger charge is -2.07. The van der Waals surface area contributed by atoms with Gasteiger partial charge in [0.15, 0.2) is 0 Å². The topological polar surface area (TPSA) is 80.4 Å². The molecule has 0 heterocycles. The first kappa shape index (κ1) is 11.6. The number of benzene rings is 2. The van der Waals surface area contributed by atoms with Gasteiger partial charge in [0.25, 0.3) is 10.1 Å². The highest BCUT2D eigenvalue weighted by molar-refractivity contribution is 7.85. The third-order valence-electron chi connectivity index (χ3n) is 2.41. The minimum absolute atomic E-state index is 0.199. The fourth-order valence-electron chi connectivity index (χ4n) is 1.58. The van der Waals surface area contributed by atoms with Crippen molar-refractivity contribution in [2.45, 2.75) is 4.90 Å². The SMILES string of the molecule is Nc1cc(S(=O)(=O)O)ccc1-c1ccccc1. The predicted molar refractivity (Wildman–Crippen MR) is 66.1 cm³/mol. The second-order valence-electron chi connectivity index (χ2n) is 3.59. The second-order valence-corrected chi connectivity index (χ2v) is 5.01. The molecular formula is C12H11NO3S. The lowest BCUT2D eigenvalue weighted by atomic mass is 10.0. The van der Waals surface area contributed by atoms with Crippen molar-refractivity contribution in [2.75, 3.05) is 5.73 Å². The maximum absolute atomic E-state index is 10.9. The summed E-state index contributed by atoms with van der Waals surface area (Å²) in [6.07, 6.45) is 0. The zero-order valence-electron chi connectivity index (χ0n) is 8.87. The Balaban J connectivity index is 2.54. The van der Waals surface area contributed by atoms with Crippen molar-refractivity contribution in [1.29, 1.82) is 0 Å². The minimum Gasteiger partial charge on any atom is -0.398 e. The van der Waals surface area contributed by atoms with Gasteiger partial charge in [-0.15, -0.1) is 0 Å². The Morgan fingerprint density at radius 1 is 1.00 bits per heavy atom. The summed E-state index contributed by atoms with van der Waals surface area (Å²) < 4.78 is 30.8. The Labute approximate surface area is 99.5 Å². The number of hydrogen-bond acceptors (Lipinski definition) is 3. The molecule has 0 saturated carbocycles. The molecule has 2 aromatic rings. The largest absolute Gasteiger partial charge is 0.398 e. The van der Waals surface area contributed by atoms with E-state index >= 15 is 0 Å². The van der Waals surface area contributed by atoms with Crippen LogP contribution in [0.1, 0.15) is 0 Å². The highest BCUT2D eigenvalue weighted by atomic mass is 32.2. The van der Waals surface area contributed by atoms with E-state index in [9.17, 15) is 8.42 Å². The van der Waals surface area contributed by atoms with E-state index in [0.717, 1.165) is 11.1 Å². The van der Waals surface area contributed by atoms with Gasteiger partial charge in [0.2, 0.25) is 0 Å². The Bertz CT molecular complexity index is 636. The van der Waals surface area contributed by atoms with Crippen LogP contribution in [-0.4, -0.2) is 13.0 Å². The first-order valence-electron chi connectivity index (χ1n) is 4.91. The van der Waals surface area contributed by atoms with Gasteiger partial charge in [-0.2, -0.15) is 8.42 Å². The van der Waals surface area contributed by atoms with E-state index in [-0.39, 0.29) is 4.90 Å². The van der Waals surface area contributed by atoms with E-state index in [4.69, 9.17) is 10.3 Å². The van der Waals surface area contributed by atoms with Crippen LogP contribution in [0.2, 0.25) is 0 Å². The molecule has 0 saturated heterocycles. The van der Waals surface area contributed by atoms with Gasteiger partial charge in [-0.05, 0) is 17.7 Å². The molecule has 0 aliphatic rings. The van der Waals surface area contributed by atoms with Crippen LogP contribution in [0.15, 0.2) is 53.4 Å². The van der Waals surface area contributed by atoms with Crippen LogP contribution in [-0.2, 0) is 10.1 Å². The van der Waals surface area contributed by atoms with Gasteiger partial charge >= 0.3 is 0 Å². The van der Waals surface area contributed by atoms with E-state index in [1.54, 1.807) is 6.07 Å². The predicted octanol–water partition coefficient (Wildman–Crippen LogP) is 2.18. The molecule has 0 fully saturated rings. The first-order chi connectivity index (χ1) is 7.98. The number of rotatable bonds is 2. The van der Waals surface area contributed by atoms with Crippen molar-refractivity contribution in [3.05, 3.63) is 48.5 Å². The molecule has 3 N–H and O–H groups in total. The molecule has 0 amide bonds. The first-order valence-corrected chi connectivity index (χ1v) is 6.35. The average Bonchev–Trinajstić information content (AvgIpc) is 2.29. The lowest BCUT2D eigenvalue weighted by Crippen LogP contribution is -2.00. The number of nitrogen functional groups attached to an aromatic ring is 1. The van der Waals surface area contributed by atoms with Gasteiger partial charge in [0.05, 0.1) is 4.90 Å². The zero-order chi connectivity index (χ0) is 12.5. The van der Waals surface area contributed by atoms with Crippen molar-refractivity contribution in [3.8, 4) is 11.1 Å². The van der Waals surface area contributed by atoms with Crippen LogP contribution in [0, 0.1) is 0 Å². The van der Waals surface area contributed by atoms with Crippen LogP contribution in [0.5, 0.6) is 0 Å². The molecule has 2 aromatic carbocycles. The normalized spacial score (nSPS) is 11.4. The molecule has 0 radical (unpaired) electrons. The molecule has 0 aromatic heterocycles. The van der Waals surface area contributed by atoms with Crippen LogP contribution in [0.3, 0.4) is 0 Å². The summed E-state index contributed by atoms with van der Waals surface area (Å²) in [6.45, 7) is 0. The van der Waals surface area contributed by atoms with Crippen LogP contribution in [0.25, 0.3) is 11.1 Å². The molecular weight excluding hydrogens is 238 g/mol. The van der Waals surface area contributed by atoms with Gasteiger partial charge in [-0.25, -0.2) is 0 Å². The summed E-state index contributed by atoms with van der Waals surface area (Å²) in [5, 5.41) is 0. The van der Waals surface area contributed by atoms with Gasteiger partial charge in [0, 0.05) is 11.3 Å². The maximum atomic E-state index is 10.9. The molecule has 0 bridgehead atoms. The van der Waals surface area contributed by atoms with Crippen molar-refractivity contribution < 1.29 is 13.0 Å². The summed E-state index contributed by atoms with van der Waals surface area (Å²) >= 11 is 0. The fourth-order valence-corrected chi connectivity index (χ4v) is 2.10. The van der Waals surface area contributed by atoms with Gasteiger partial charge in [-0.3, -0.25) is 4.55 Å². The fraction of sp³-hybridized carbons (Fsp3) is 0. The molecule has 5 heteroatoms. The molecule has 0 spiro atoms. The Morgan fingerprint density at radius 3 is 2.18 bits per heavy atom. The molecule has 0 atom stereocenters. The molecule has 2 rings (SSSR count). The molecule has 0 aliphatic heterocycles. The van der Waals surface area contributed by atoms with Gasteiger partial charge in [-0.1, -0.05) is 36.4 Å². The molecule has 17 heavy (non-hydrogen) atoms. The number of anilines is 1. The van der Waals surface area contributed by atoms with E-state index in [1.165, 1.54) is 12.1 Å². The average molecular weight is 249 g/mol. The number of nitrogens with two attached hydrogens (primary N) is 1. The van der Waals surface area contributed by atoms with Crippen LogP contribution >= 0.6 is 0 Å². The minimum atomic E-state index is -4.20. The van der Waals surface area contributed by atoms with E-state index in [2.05, 4.69) is 0 Å². The van der Waals surface area contributed by atoms with Crippen molar-refractivity contribution >= 4 is 15.8 Å². The summed E-state index contributed by atoms with van der Waals surface area (Å²) in [4.78, 5) is -0.199. The molecule has 4 nitrogen and oxygen atoms in total. The highest BCUT2D eigenvalue weighted by Crippen LogP contribution is 2.27. The summed E-state index contributed by atoms with van der Waals surface area (Å²) in [6, 6.07) is 13.5. The third kappa shape index (κ3) is 2.46. The monoisotopic (exact) mass is 249 g/mol. The smallest absolute Gasteiger partial charge is 0.294 e. The summed E-state index contributed by atoms with van der Waals surface area (Å²) in [7, 11) is -4.20. The Morgan fingerprint density at radius 2 is 1.65 bits per heavy atom. The van der Waals surface area contributed by atoms with Crippen molar-refractivity contribution in [3.63, 3.8) is 0 Å². The second kappa shape index (κ2) is 4.20. The quantitative estimate of drug-likeness (QED) is 0.631. The van der Waals surface area contributed by atoms with Crippen LogP contribution < -0.4 is 5.73 Å². The van der Waals surface area contributed by atoms with Crippen molar-refractivity contribution in [2.24, 2.45) is 0 Å². The lowest BCUT2D eigenvalue weighted by molar-refractivity contribution is 0.483. The van der Waals surface area contributed by atoms with Crippen LogP contribution in [0.4, 0.5) is 5.69 Å². The third-order valence-corrected chi connectivity index (χ3v) is 3.26.